The largest absolute Gasteiger partial charge is 0.370 e. The van der Waals surface area contributed by atoms with Gasteiger partial charge in [0.2, 0.25) is 0 Å². The number of aromatic nitrogens is 3. The molecule has 1 aromatic heterocycles. The van der Waals surface area contributed by atoms with Gasteiger partial charge in [-0.25, -0.2) is 4.98 Å². The summed E-state index contributed by atoms with van der Waals surface area (Å²) >= 11 is 6.32. The molecule has 1 saturated heterocycles. The first-order valence-electron chi connectivity index (χ1n) is 7.39. The van der Waals surface area contributed by atoms with Crippen LogP contribution in [0.15, 0.2) is 30.9 Å². The van der Waals surface area contributed by atoms with Crippen LogP contribution in [0.1, 0.15) is 23.2 Å². The molecule has 0 aliphatic carbocycles. The lowest BCUT2D eigenvalue weighted by atomic mass is 10.2. The van der Waals surface area contributed by atoms with Crippen LogP contribution in [0.2, 0.25) is 5.02 Å². The molecule has 1 N–H and O–H groups in total. The van der Waals surface area contributed by atoms with Gasteiger partial charge in [-0.3, -0.25) is 9.48 Å². The number of benzene rings is 1. The fraction of sp³-hybridized carbons (Fsp3) is 0.400. The maximum absolute atomic E-state index is 12.1. The number of carbonyl (C=O) groups excluding carboxylic acids is 1. The van der Waals surface area contributed by atoms with Crippen molar-refractivity contribution in [3.8, 4) is 0 Å². The number of anilines is 1. The summed E-state index contributed by atoms with van der Waals surface area (Å²) in [6, 6.07) is 5.49. The molecule has 1 amide bonds. The number of rotatable bonds is 5. The summed E-state index contributed by atoms with van der Waals surface area (Å²) in [5.41, 5.74) is 1.59. The Morgan fingerprint density at radius 2 is 2.14 bits per heavy atom. The fourth-order valence-electron chi connectivity index (χ4n) is 2.60. The first-order chi connectivity index (χ1) is 10.7. The predicted molar refractivity (Wildman–Crippen MR) is 85.3 cm³/mol. The van der Waals surface area contributed by atoms with Crippen LogP contribution in [-0.2, 0) is 6.54 Å². The lowest BCUT2D eigenvalue weighted by Gasteiger charge is -2.19. The number of nitrogens with one attached hydrogen (secondary N) is 1. The SMILES string of the molecule is O=C(NCCn1cncn1)c1ccc(N2CCCC2)c(Cl)c1. The van der Waals surface area contributed by atoms with Crippen LogP contribution in [0.3, 0.4) is 0 Å². The molecule has 2 heterocycles. The summed E-state index contributed by atoms with van der Waals surface area (Å²) in [6.45, 7) is 3.14. The fourth-order valence-corrected chi connectivity index (χ4v) is 2.90. The highest BCUT2D eigenvalue weighted by atomic mass is 35.5. The van der Waals surface area contributed by atoms with Gasteiger partial charge >= 0.3 is 0 Å². The van der Waals surface area contributed by atoms with E-state index in [-0.39, 0.29) is 5.91 Å². The van der Waals surface area contributed by atoms with E-state index < -0.39 is 0 Å². The highest BCUT2D eigenvalue weighted by molar-refractivity contribution is 6.33. The normalized spacial score (nSPS) is 14.3. The van der Waals surface area contributed by atoms with E-state index in [0.29, 0.717) is 23.7 Å². The summed E-state index contributed by atoms with van der Waals surface area (Å²) in [5.74, 6) is -0.130. The minimum atomic E-state index is -0.130. The number of hydrogen-bond donors (Lipinski definition) is 1. The summed E-state index contributed by atoms with van der Waals surface area (Å²) in [5, 5.41) is 7.47. The first-order valence-corrected chi connectivity index (χ1v) is 7.77. The van der Waals surface area contributed by atoms with Gasteiger partial charge in [0.15, 0.2) is 0 Å². The van der Waals surface area contributed by atoms with Gasteiger partial charge in [0.25, 0.3) is 5.91 Å². The number of halogens is 1. The van der Waals surface area contributed by atoms with Gasteiger partial charge in [-0.2, -0.15) is 5.10 Å². The molecule has 0 spiro atoms. The van der Waals surface area contributed by atoms with Gasteiger partial charge in [-0.05, 0) is 31.0 Å². The van der Waals surface area contributed by atoms with Crippen LogP contribution in [0.25, 0.3) is 0 Å². The van der Waals surface area contributed by atoms with Gasteiger partial charge < -0.3 is 10.2 Å². The predicted octanol–water partition coefficient (Wildman–Crippen LogP) is 1.96. The van der Waals surface area contributed by atoms with E-state index in [1.807, 2.05) is 12.1 Å². The second-order valence-corrected chi connectivity index (χ2v) is 5.68. The van der Waals surface area contributed by atoms with Crippen molar-refractivity contribution in [1.82, 2.24) is 20.1 Å². The lowest BCUT2D eigenvalue weighted by molar-refractivity contribution is 0.0952. The standard InChI is InChI=1S/C15H18ClN5O/c16-13-9-12(3-4-14(13)20-6-1-2-7-20)15(22)18-5-8-21-11-17-10-19-21/h3-4,9-11H,1-2,5-8H2,(H,18,22). The zero-order valence-electron chi connectivity index (χ0n) is 12.2. The molecular weight excluding hydrogens is 302 g/mol. The van der Waals surface area contributed by atoms with E-state index in [2.05, 4.69) is 20.3 Å². The van der Waals surface area contributed by atoms with Crippen molar-refractivity contribution in [2.75, 3.05) is 24.5 Å². The van der Waals surface area contributed by atoms with Crippen molar-refractivity contribution in [3.63, 3.8) is 0 Å². The number of amides is 1. The molecule has 0 unspecified atom stereocenters. The van der Waals surface area contributed by atoms with Crippen LogP contribution >= 0.6 is 11.6 Å². The van der Waals surface area contributed by atoms with Crippen molar-refractivity contribution in [2.24, 2.45) is 0 Å². The zero-order valence-corrected chi connectivity index (χ0v) is 13.0. The number of carbonyl (C=O) groups is 1. The van der Waals surface area contributed by atoms with Crippen molar-refractivity contribution < 1.29 is 4.79 Å². The average molecular weight is 320 g/mol. The monoisotopic (exact) mass is 319 g/mol. The number of hydrogen-bond acceptors (Lipinski definition) is 4. The van der Waals surface area contributed by atoms with Crippen molar-refractivity contribution in [2.45, 2.75) is 19.4 Å². The topological polar surface area (TPSA) is 63.1 Å². The Bertz CT molecular complexity index is 637. The molecular formula is C15H18ClN5O. The Morgan fingerprint density at radius 3 is 2.82 bits per heavy atom. The smallest absolute Gasteiger partial charge is 0.251 e. The van der Waals surface area contributed by atoms with Crippen molar-refractivity contribution in [3.05, 3.63) is 41.4 Å². The molecule has 0 radical (unpaired) electrons. The quantitative estimate of drug-likeness (QED) is 0.915. The molecule has 1 aromatic carbocycles. The Morgan fingerprint density at radius 1 is 1.32 bits per heavy atom. The molecule has 2 aromatic rings. The molecule has 7 heteroatoms. The minimum absolute atomic E-state index is 0.130. The van der Waals surface area contributed by atoms with Crippen LogP contribution in [0, 0.1) is 0 Å². The molecule has 6 nitrogen and oxygen atoms in total. The van der Waals surface area contributed by atoms with Crippen LogP contribution < -0.4 is 10.2 Å². The molecule has 0 saturated carbocycles. The summed E-state index contributed by atoms with van der Waals surface area (Å²) in [6.07, 6.45) is 5.48. The molecule has 116 valence electrons. The zero-order chi connectivity index (χ0) is 15.4. The van der Waals surface area contributed by atoms with E-state index in [0.717, 1.165) is 18.8 Å². The molecule has 22 heavy (non-hydrogen) atoms. The van der Waals surface area contributed by atoms with Crippen LogP contribution in [-0.4, -0.2) is 40.3 Å². The highest BCUT2D eigenvalue weighted by Crippen LogP contribution is 2.29. The Kier molecular flexibility index (Phi) is 4.58. The molecule has 1 aliphatic rings. The minimum Gasteiger partial charge on any atom is -0.370 e. The van der Waals surface area contributed by atoms with Gasteiger partial charge in [-0.15, -0.1) is 0 Å². The van der Waals surface area contributed by atoms with E-state index in [9.17, 15) is 4.79 Å². The average Bonchev–Trinajstić information content (AvgIpc) is 3.20. The van der Waals surface area contributed by atoms with Gasteiger partial charge in [0.05, 0.1) is 17.3 Å². The van der Waals surface area contributed by atoms with E-state index >= 15 is 0 Å². The van der Waals surface area contributed by atoms with Gasteiger partial charge in [0.1, 0.15) is 12.7 Å². The first kappa shape index (κ1) is 14.8. The Hall–Kier alpha value is -2.08. The third kappa shape index (κ3) is 3.39. The van der Waals surface area contributed by atoms with Crippen LogP contribution in [0.5, 0.6) is 0 Å². The van der Waals surface area contributed by atoms with Crippen molar-refractivity contribution in [1.29, 1.82) is 0 Å². The summed E-state index contributed by atoms with van der Waals surface area (Å²) < 4.78 is 1.67. The van der Waals surface area contributed by atoms with Gasteiger partial charge in [-0.1, -0.05) is 11.6 Å². The second-order valence-electron chi connectivity index (χ2n) is 5.27. The lowest BCUT2D eigenvalue weighted by Crippen LogP contribution is -2.27. The molecule has 3 rings (SSSR count). The molecule has 1 fully saturated rings. The maximum atomic E-state index is 12.1. The third-order valence-electron chi connectivity index (χ3n) is 3.75. The number of nitrogens with zero attached hydrogens (tertiary/aromatic N) is 4. The third-order valence-corrected chi connectivity index (χ3v) is 4.05. The molecule has 0 bridgehead atoms. The van der Waals surface area contributed by atoms with Crippen molar-refractivity contribution >= 4 is 23.2 Å². The van der Waals surface area contributed by atoms with E-state index in [4.69, 9.17) is 11.6 Å². The maximum Gasteiger partial charge on any atom is 0.251 e. The molecule has 1 aliphatic heterocycles. The van der Waals surface area contributed by atoms with E-state index in [1.165, 1.54) is 19.2 Å². The summed E-state index contributed by atoms with van der Waals surface area (Å²) in [4.78, 5) is 18.2. The van der Waals surface area contributed by atoms with Gasteiger partial charge in [0, 0.05) is 25.2 Å². The Labute approximate surface area is 134 Å². The van der Waals surface area contributed by atoms with E-state index in [1.54, 1.807) is 17.1 Å². The summed E-state index contributed by atoms with van der Waals surface area (Å²) in [7, 11) is 0. The highest BCUT2D eigenvalue weighted by Gasteiger charge is 2.16. The second kappa shape index (κ2) is 6.79. The molecule has 0 atom stereocenters. The Balaban J connectivity index is 1.59. The van der Waals surface area contributed by atoms with Crippen LogP contribution in [0.4, 0.5) is 5.69 Å².